The zero-order valence-corrected chi connectivity index (χ0v) is 19.3. The minimum atomic E-state index is -0.151. The van der Waals surface area contributed by atoms with Crippen molar-refractivity contribution in [2.24, 2.45) is 45.5 Å². The molecular weight excluding hydrogens is 382 g/mol. The van der Waals surface area contributed by atoms with E-state index in [0.29, 0.717) is 22.3 Å². The number of amides is 1. The van der Waals surface area contributed by atoms with Crippen LogP contribution in [0.1, 0.15) is 82.5 Å². The average Bonchev–Trinajstić information content (AvgIpc) is 3.14. The summed E-state index contributed by atoms with van der Waals surface area (Å²) in [6, 6.07) is 3.46. The maximum absolute atomic E-state index is 12.4. The summed E-state index contributed by atoms with van der Waals surface area (Å²) < 4.78 is 0. The number of fused-ring (bicyclic) bond motifs is 5. The fraction of sp³-hybridized carbons (Fsp3) is 0.667. The van der Waals surface area contributed by atoms with Gasteiger partial charge in [0.1, 0.15) is 0 Å². The van der Waals surface area contributed by atoms with E-state index in [-0.39, 0.29) is 5.91 Å². The Morgan fingerprint density at radius 2 is 1.81 bits per heavy atom. The van der Waals surface area contributed by atoms with Crippen LogP contribution in [0.2, 0.25) is 0 Å². The largest absolute Gasteiger partial charge is 0.271 e. The van der Waals surface area contributed by atoms with E-state index in [0.717, 1.165) is 29.4 Å². The van der Waals surface area contributed by atoms with Gasteiger partial charge in [-0.25, -0.2) is 5.43 Å². The minimum Gasteiger partial charge on any atom is -0.267 e. The van der Waals surface area contributed by atoms with Crippen LogP contribution in [0, 0.1) is 40.4 Å². The van der Waals surface area contributed by atoms with Gasteiger partial charge >= 0.3 is 0 Å². The average molecular weight is 420 g/mol. The highest BCUT2D eigenvalue weighted by atomic mass is 16.2. The monoisotopic (exact) mass is 419 g/mol. The zero-order valence-electron chi connectivity index (χ0n) is 19.3. The molecule has 3 saturated carbocycles. The standard InChI is InChI=1S/C27H37N3O/c1-18(29-30-25(31)19-12-16-28-17-13-19)22-9-10-23-21-8-7-20-6-4-5-14-26(20,2)24(21)11-15-27(22,23)3/h4-5,12-13,16-17,20-24H,6-11,14-15H2,1-3H3,(H,30,31)/b29-18-/t20-,21-,22+,23-,24-,26-,27+/m0/s1. The van der Waals surface area contributed by atoms with E-state index in [4.69, 9.17) is 0 Å². The summed E-state index contributed by atoms with van der Waals surface area (Å²) in [6.45, 7) is 7.26. The van der Waals surface area contributed by atoms with E-state index < -0.39 is 0 Å². The quantitative estimate of drug-likeness (QED) is 0.370. The van der Waals surface area contributed by atoms with Gasteiger partial charge in [-0.15, -0.1) is 0 Å². The molecule has 4 aliphatic rings. The summed E-state index contributed by atoms with van der Waals surface area (Å²) >= 11 is 0. The van der Waals surface area contributed by atoms with Gasteiger partial charge in [-0.3, -0.25) is 9.78 Å². The molecule has 0 saturated heterocycles. The summed E-state index contributed by atoms with van der Waals surface area (Å²) in [7, 11) is 0. The predicted octanol–water partition coefficient (Wildman–Crippen LogP) is 6.01. The second-order valence-electron chi connectivity index (χ2n) is 11.2. The third kappa shape index (κ3) is 3.37. The van der Waals surface area contributed by atoms with Crippen LogP contribution in [0.5, 0.6) is 0 Å². The van der Waals surface area contributed by atoms with Crippen LogP contribution < -0.4 is 5.43 Å². The van der Waals surface area contributed by atoms with Crippen LogP contribution in [0.3, 0.4) is 0 Å². The molecule has 5 rings (SSSR count). The molecule has 1 N–H and O–H groups in total. The predicted molar refractivity (Wildman–Crippen MR) is 125 cm³/mol. The highest BCUT2D eigenvalue weighted by molar-refractivity contribution is 5.95. The van der Waals surface area contributed by atoms with Crippen molar-refractivity contribution in [3.63, 3.8) is 0 Å². The lowest BCUT2D eigenvalue weighted by molar-refractivity contribution is -0.0913. The molecule has 1 aromatic rings. The molecule has 1 aromatic heterocycles. The number of carbonyl (C=O) groups excluding carboxylic acids is 1. The number of allylic oxidation sites excluding steroid dienone is 2. The second kappa shape index (κ2) is 7.86. The Morgan fingerprint density at radius 3 is 2.61 bits per heavy atom. The molecule has 31 heavy (non-hydrogen) atoms. The first-order valence-electron chi connectivity index (χ1n) is 12.3. The van der Waals surface area contributed by atoms with Gasteiger partial charge in [0.15, 0.2) is 0 Å². The Labute approximate surface area is 187 Å². The molecule has 0 aromatic carbocycles. The molecule has 0 spiro atoms. The molecule has 0 bridgehead atoms. The fourth-order valence-electron chi connectivity index (χ4n) is 8.31. The van der Waals surface area contributed by atoms with Crippen LogP contribution >= 0.6 is 0 Å². The lowest BCUT2D eigenvalue weighted by atomic mass is 9.45. The highest BCUT2D eigenvalue weighted by Gasteiger charge is 2.59. The smallest absolute Gasteiger partial charge is 0.267 e. The van der Waals surface area contributed by atoms with Crippen molar-refractivity contribution in [1.82, 2.24) is 10.4 Å². The van der Waals surface area contributed by atoms with E-state index in [1.807, 2.05) is 0 Å². The van der Waals surface area contributed by atoms with Crippen molar-refractivity contribution >= 4 is 11.6 Å². The first kappa shape index (κ1) is 20.9. The van der Waals surface area contributed by atoms with Gasteiger partial charge in [-0.2, -0.15) is 5.10 Å². The molecular formula is C27H37N3O. The Balaban J connectivity index is 1.32. The van der Waals surface area contributed by atoms with Gasteiger partial charge in [0.25, 0.3) is 5.91 Å². The molecule has 4 heteroatoms. The molecule has 0 radical (unpaired) electrons. The van der Waals surface area contributed by atoms with E-state index in [9.17, 15) is 4.79 Å². The maximum atomic E-state index is 12.4. The Morgan fingerprint density at radius 1 is 1.03 bits per heavy atom. The lowest BCUT2D eigenvalue weighted by Gasteiger charge is -2.59. The van der Waals surface area contributed by atoms with Crippen LogP contribution in [-0.2, 0) is 0 Å². The van der Waals surface area contributed by atoms with E-state index in [1.54, 1.807) is 24.5 Å². The minimum absolute atomic E-state index is 0.151. The van der Waals surface area contributed by atoms with Gasteiger partial charge < -0.3 is 0 Å². The third-order valence-corrected chi connectivity index (χ3v) is 9.99. The van der Waals surface area contributed by atoms with Crippen molar-refractivity contribution in [1.29, 1.82) is 0 Å². The summed E-state index contributed by atoms with van der Waals surface area (Å²) in [4.78, 5) is 16.4. The SMILES string of the molecule is C/C(=N/NC(=O)c1ccncc1)[C@H]1CC[C@H]2[C@@H]3CC[C@@H]4CC=CC[C@]4(C)[C@H]3CC[C@]12C. The number of pyridine rings is 1. The highest BCUT2D eigenvalue weighted by Crippen LogP contribution is 2.67. The van der Waals surface area contributed by atoms with Gasteiger partial charge in [0, 0.05) is 29.6 Å². The van der Waals surface area contributed by atoms with E-state index in [1.165, 1.54) is 51.4 Å². The van der Waals surface area contributed by atoms with Crippen molar-refractivity contribution < 1.29 is 4.79 Å². The van der Waals surface area contributed by atoms with E-state index >= 15 is 0 Å². The number of nitrogens with zero attached hydrogens (tertiary/aromatic N) is 2. The number of carbonyl (C=O) groups is 1. The number of hydrazone groups is 1. The Kier molecular flexibility index (Phi) is 5.30. The second-order valence-corrected chi connectivity index (χ2v) is 11.2. The number of hydrogen-bond acceptors (Lipinski definition) is 3. The van der Waals surface area contributed by atoms with Crippen molar-refractivity contribution in [2.75, 3.05) is 0 Å². The lowest BCUT2D eigenvalue weighted by Crippen LogP contribution is -2.52. The Hall–Kier alpha value is -1.97. The van der Waals surface area contributed by atoms with Crippen molar-refractivity contribution in [2.45, 2.75) is 72.1 Å². The summed E-state index contributed by atoms with van der Waals surface area (Å²) in [5, 5.41) is 4.59. The van der Waals surface area contributed by atoms with E-state index in [2.05, 4.69) is 48.4 Å². The summed E-state index contributed by atoms with van der Waals surface area (Å²) in [5.74, 6) is 3.79. The first-order chi connectivity index (χ1) is 14.9. The molecule has 166 valence electrons. The Bertz CT molecular complexity index is 893. The summed E-state index contributed by atoms with van der Waals surface area (Å²) in [5.41, 5.74) is 5.35. The maximum Gasteiger partial charge on any atom is 0.271 e. The zero-order chi connectivity index (χ0) is 21.6. The van der Waals surface area contributed by atoms with Crippen LogP contribution in [0.25, 0.3) is 0 Å². The molecule has 4 nitrogen and oxygen atoms in total. The normalized spacial score (nSPS) is 41.8. The fourth-order valence-corrected chi connectivity index (χ4v) is 8.31. The number of nitrogens with one attached hydrogen (secondary N) is 1. The number of rotatable bonds is 3. The number of hydrogen-bond donors (Lipinski definition) is 1. The van der Waals surface area contributed by atoms with Gasteiger partial charge in [-0.05, 0) is 105 Å². The molecule has 1 heterocycles. The van der Waals surface area contributed by atoms with Gasteiger partial charge in [0.2, 0.25) is 0 Å². The number of aromatic nitrogens is 1. The summed E-state index contributed by atoms with van der Waals surface area (Å²) in [6.07, 6.45) is 18.8. The third-order valence-electron chi connectivity index (χ3n) is 9.99. The molecule has 3 fully saturated rings. The molecule has 4 aliphatic carbocycles. The topological polar surface area (TPSA) is 54.4 Å². The molecule has 0 aliphatic heterocycles. The molecule has 0 unspecified atom stereocenters. The molecule has 7 atom stereocenters. The van der Waals surface area contributed by atoms with Crippen LogP contribution in [0.15, 0.2) is 41.8 Å². The molecule has 1 amide bonds. The van der Waals surface area contributed by atoms with Crippen LogP contribution in [-0.4, -0.2) is 16.6 Å². The van der Waals surface area contributed by atoms with Gasteiger partial charge in [0.05, 0.1) is 0 Å². The van der Waals surface area contributed by atoms with Crippen molar-refractivity contribution in [3.05, 3.63) is 42.2 Å². The van der Waals surface area contributed by atoms with Crippen molar-refractivity contribution in [3.8, 4) is 0 Å². The van der Waals surface area contributed by atoms with Gasteiger partial charge in [-0.1, -0.05) is 26.0 Å². The van der Waals surface area contributed by atoms with Crippen LogP contribution in [0.4, 0.5) is 0 Å². The first-order valence-corrected chi connectivity index (χ1v) is 12.3.